The van der Waals surface area contributed by atoms with Crippen LogP contribution >= 0.6 is 23.1 Å². The molecule has 0 radical (unpaired) electrons. The van der Waals surface area contributed by atoms with Crippen molar-refractivity contribution < 1.29 is 9.90 Å². The first kappa shape index (κ1) is 15.8. The number of rotatable bonds is 5. The molecule has 23 heavy (non-hydrogen) atoms. The Balaban J connectivity index is 2.02. The highest BCUT2D eigenvalue weighted by molar-refractivity contribution is 8.00. The van der Waals surface area contributed by atoms with Crippen LogP contribution in [0.2, 0.25) is 0 Å². The Morgan fingerprint density at radius 3 is 2.78 bits per heavy atom. The number of hydrogen-bond acceptors (Lipinski definition) is 5. The number of benzene rings is 1. The average Bonchev–Trinajstić information content (AvgIpc) is 2.98. The Hall–Kier alpha value is -2.12. The number of fused-ring (bicyclic) bond motifs is 1. The lowest BCUT2D eigenvalue weighted by molar-refractivity contribution is -0.136. The quantitative estimate of drug-likeness (QED) is 0.545. The van der Waals surface area contributed by atoms with Crippen molar-refractivity contribution in [3.8, 4) is 10.4 Å². The predicted octanol–water partition coefficient (Wildman–Crippen LogP) is 3.61. The highest BCUT2D eigenvalue weighted by atomic mass is 32.2. The number of carboxylic acids is 1. The summed E-state index contributed by atoms with van der Waals surface area (Å²) >= 11 is 2.50. The number of thiophene rings is 1. The number of hydrogen-bond donors (Lipinski definition) is 2. The summed E-state index contributed by atoms with van der Waals surface area (Å²) in [5.74, 6) is -0.906. The maximum atomic E-state index is 12.2. The van der Waals surface area contributed by atoms with Crippen LogP contribution in [0.3, 0.4) is 0 Å². The first-order valence-electron chi connectivity index (χ1n) is 7.07. The SMILES string of the molecule is CCC(Sc1nc2sc(-c3ccccc3)cc2c(=O)[nH]1)C(=O)O. The maximum absolute atomic E-state index is 12.2. The lowest BCUT2D eigenvalue weighted by atomic mass is 10.2. The van der Waals surface area contributed by atoms with E-state index in [-0.39, 0.29) is 5.56 Å². The Morgan fingerprint density at radius 1 is 1.39 bits per heavy atom. The minimum Gasteiger partial charge on any atom is -0.480 e. The first-order valence-corrected chi connectivity index (χ1v) is 8.77. The molecule has 0 saturated heterocycles. The second kappa shape index (κ2) is 6.55. The van der Waals surface area contributed by atoms with E-state index in [1.807, 2.05) is 36.4 Å². The van der Waals surface area contributed by atoms with E-state index in [0.717, 1.165) is 22.2 Å². The van der Waals surface area contributed by atoms with E-state index in [1.54, 1.807) is 6.92 Å². The molecule has 118 valence electrons. The molecule has 0 bridgehead atoms. The van der Waals surface area contributed by atoms with Crippen molar-refractivity contribution in [1.29, 1.82) is 0 Å². The molecule has 0 aliphatic heterocycles. The zero-order chi connectivity index (χ0) is 16.4. The molecular formula is C16H14N2O3S2. The molecule has 0 fully saturated rings. The van der Waals surface area contributed by atoms with Gasteiger partial charge in [0.05, 0.1) is 5.39 Å². The largest absolute Gasteiger partial charge is 0.480 e. The van der Waals surface area contributed by atoms with Gasteiger partial charge in [0.25, 0.3) is 5.56 Å². The summed E-state index contributed by atoms with van der Waals surface area (Å²) in [6.07, 6.45) is 0.460. The Bertz CT molecular complexity index is 903. The zero-order valence-electron chi connectivity index (χ0n) is 12.3. The molecular weight excluding hydrogens is 332 g/mol. The molecule has 1 atom stereocenters. The summed E-state index contributed by atoms with van der Waals surface area (Å²) in [7, 11) is 0. The van der Waals surface area contributed by atoms with E-state index in [1.165, 1.54) is 11.3 Å². The summed E-state index contributed by atoms with van der Waals surface area (Å²) < 4.78 is 0. The summed E-state index contributed by atoms with van der Waals surface area (Å²) in [5, 5.41) is 9.39. The highest BCUT2D eigenvalue weighted by Gasteiger charge is 2.19. The predicted molar refractivity (Wildman–Crippen MR) is 93.2 cm³/mol. The van der Waals surface area contributed by atoms with Crippen molar-refractivity contribution in [3.05, 3.63) is 46.8 Å². The van der Waals surface area contributed by atoms with Gasteiger partial charge >= 0.3 is 5.97 Å². The van der Waals surface area contributed by atoms with Crippen LogP contribution in [0.15, 0.2) is 46.3 Å². The topological polar surface area (TPSA) is 83.0 Å². The number of carboxylic acid groups (broad SMARTS) is 1. The van der Waals surface area contributed by atoms with E-state index >= 15 is 0 Å². The molecule has 2 N–H and O–H groups in total. The van der Waals surface area contributed by atoms with E-state index in [4.69, 9.17) is 5.11 Å². The van der Waals surface area contributed by atoms with Gasteiger partial charge in [-0.1, -0.05) is 49.0 Å². The van der Waals surface area contributed by atoms with Gasteiger partial charge in [0.2, 0.25) is 0 Å². The molecule has 0 amide bonds. The molecule has 7 heteroatoms. The van der Waals surface area contributed by atoms with Crippen LogP contribution in [0.25, 0.3) is 20.7 Å². The maximum Gasteiger partial charge on any atom is 0.317 e. The fourth-order valence-corrected chi connectivity index (χ4v) is 4.08. The molecule has 2 heterocycles. The number of nitrogens with zero attached hydrogens (tertiary/aromatic N) is 1. The van der Waals surface area contributed by atoms with Crippen LogP contribution in [0, 0.1) is 0 Å². The van der Waals surface area contributed by atoms with Crippen LogP contribution in [0.5, 0.6) is 0 Å². The van der Waals surface area contributed by atoms with Crippen LogP contribution in [-0.4, -0.2) is 26.3 Å². The van der Waals surface area contributed by atoms with Gasteiger partial charge in [-0.05, 0) is 18.1 Å². The monoisotopic (exact) mass is 346 g/mol. The van der Waals surface area contributed by atoms with Gasteiger partial charge in [0.15, 0.2) is 5.16 Å². The second-order valence-corrected chi connectivity index (χ2v) is 7.14. The van der Waals surface area contributed by atoms with E-state index in [9.17, 15) is 9.59 Å². The third-order valence-corrected chi connectivity index (χ3v) is 5.65. The first-order chi connectivity index (χ1) is 11.1. The fraction of sp³-hybridized carbons (Fsp3) is 0.188. The van der Waals surface area contributed by atoms with Crippen LogP contribution in [-0.2, 0) is 4.79 Å². The Morgan fingerprint density at radius 2 is 2.13 bits per heavy atom. The normalized spacial score (nSPS) is 12.4. The lowest BCUT2D eigenvalue weighted by Gasteiger charge is -2.07. The summed E-state index contributed by atoms with van der Waals surface area (Å²) in [4.78, 5) is 32.0. The van der Waals surface area contributed by atoms with Gasteiger partial charge < -0.3 is 10.1 Å². The third-order valence-electron chi connectivity index (χ3n) is 3.34. The summed E-state index contributed by atoms with van der Waals surface area (Å²) in [5.41, 5.74) is 0.789. The van der Waals surface area contributed by atoms with Gasteiger partial charge in [0, 0.05) is 4.88 Å². The molecule has 0 saturated carbocycles. The molecule has 1 unspecified atom stereocenters. The minimum absolute atomic E-state index is 0.240. The summed E-state index contributed by atoms with van der Waals surface area (Å²) in [6.45, 7) is 1.79. The van der Waals surface area contributed by atoms with Crippen molar-refractivity contribution in [3.63, 3.8) is 0 Å². The Labute approximate surface area is 140 Å². The van der Waals surface area contributed by atoms with E-state index in [2.05, 4.69) is 9.97 Å². The molecule has 5 nitrogen and oxygen atoms in total. The van der Waals surface area contributed by atoms with Crippen LogP contribution in [0.1, 0.15) is 13.3 Å². The number of nitrogens with one attached hydrogen (secondary N) is 1. The van der Waals surface area contributed by atoms with Gasteiger partial charge in [-0.15, -0.1) is 11.3 Å². The number of carbonyl (C=O) groups is 1. The standard InChI is InChI=1S/C16H14N2O3S2/c1-2-11(15(20)21)23-16-17-13(19)10-8-12(22-14(10)18-16)9-6-4-3-5-7-9/h3-8,11H,2H2,1H3,(H,20,21)(H,17,18,19). The van der Waals surface area contributed by atoms with E-state index < -0.39 is 11.2 Å². The number of aromatic nitrogens is 2. The molecule has 0 aliphatic carbocycles. The second-order valence-electron chi connectivity index (χ2n) is 4.92. The van der Waals surface area contributed by atoms with Gasteiger partial charge in [0.1, 0.15) is 10.1 Å². The summed E-state index contributed by atoms with van der Waals surface area (Å²) in [6, 6.07) is 11.6. The van der Waals surface area contributed by atoms with Crippen molar-refractivity contribution in [2.24, 2.45) is 0 Å². The fourth-order valence-electron chi connectivity index (χ4n) is 2.16. The lowest BCUT2D eigenvalue weighted by Crippen LogP contribution is -2.17. The molecule has 0 aliphatic rings. The van der Waals surface area contributed by atoms with Gasteiger partial charge in [-0.25, -0.2) is 4.98 Å². The Kier molecular flexibility index (Phi) is 4.49. The number of thioether (sulfide) groups is 1. The molecule has 0 spiro atoms. The van der Waals surface area contributed by atoms with E-state index in [0.29, 0.717) is 21.8 Å². The number of aliphatic carboxylic acids is 1. The molecule has 3 rings (SSSR count). The van der Waals surface area contributed by atoms with Crippen molar-refractivity contribution in [2.45, 2.75) is 23.8 Å². The highest BCUT2D eigenvalue weighted by Crippen LogP contribution is 2.32. The van der Waals surface area contributed by atoms with Gasteiger partial charge in [-0.2, -0.15) is 0 Å². The zero-order valence-corrected chi connectivity index (χ0v) is 13.9. The third kappa shape index (κ3) is 3.30. The average molecular weight is 346 g/mol. The molecule has 2 aromatic heterocycles. The van der Waals surface area contributed by atoms with Crippen molar-refractivity contribution >= 4 is 39.3 Å². The molecule has 1 aromatic carbocycles. The van der Waals surface area contributed by atoms with Crippen LogP contribution < -0.4 is 5.56 Å². The minimum atomic E-state index is -0.906. The number of aromatic amines is 1. The van der Waals surface area contributed by atoms with Gasteiger partial charge in [-0.3, -0.25) is 9.59 Å². The van der Waals surface area contributed by atoms with Crippen molar-refractivity contribution in [2.75, 3.05) is 0 Å². The van der Waals surface area contributed by atoms with Crippen LogP contribution in [0.4, 0.5) is 0 Å². The number of H-pyrrole nitrogens is 1. The van der Waals surface area contributed by atoms with Crippen molar-refractivity contribution in [1.82, 2.24) is 9.97 Å². The molecule has 3 aromatic rings. The smallest absolute Gasteiger partial charge is 0.317 e.